The second-order valence-electron chi connectivity index (χ2n) is 1.44. The van der Waals surface area contributed by atoms with Crippen molar-refractivity contribution in [3.05, 3.63) is 0 Å². The largest absolute Gasteiger partial charge is 0.317 e. The van der Waals surface area contributed by atoms with Gasteiger partial charge in [0.2, 0.25) is 0 Å². The van der Waals surface area contributed by atoms with Crippen LogP contribution < -0.4 is 5.48 Å². The summed E-state index contributed by atoms with van der Waals surface area (Å²) in [6.45, 7) is 3.92. The molecule has 0 aromatic carbocycles. The normalized spacial score (nSPS) is 14.5. The number of nitrogens with one attached hydrogen (secondary N) is 1. The van der Waals surface area contributed by atoms with Gasteiger partial charge < -0.3 is 5.21 Å². The van der Waals surface area contributed by atoms with Gasteiger partial charge in [-0.1, -0.05) is 6.92 Å². The quantitative estimate of drug-likeness (QED) is 0.489. The third kappa shape index (κ3) is 2.18. The molecule has 0 aliphatic heterocycles. The van der Waals surface area contributed by atoms with Crippen LogP contribution in [0.4, 0.5) is 0 Å². The second kappa shape index (κ2) is 3.12. The fraction of sp³-hybridized carbons (Fsp3) is 1.00. The van der Waals surface area contributed by atoms with Gasteiger partial charge >= 0.3 is 0 Å². The average Bonchev–Trinajstić information content (AvgIpc) is 1.65. The molecule has 0 aromatic heterocycles. The molecule has 0 aromatic rings. The molecule has 0 radical (unpaired) electrons. The highest BCUT2D eigenvalue weighted by molar-refractivity contribution is 4.45. The van der Waals surface area contributed by atoms with Gasteiger partial charge in [0, 0.05) is 6.04 Å². The highest BCUT2D eigenvalue weighted by Crippen LogP contribution is 1.82. The van der Waals surface area contributed by atoms with Crippen molar-refractivity contribution >= 4 is 0 Å². The Kier molecular flexibility index (Phi) is 3.08. The van der Waals surface area contributed by atoms with Crippen molar-refractivity contribution in [1.29, 1.82) is 0 Å². The molecular formula is C4H11NO. The molecule has 2 nitrogen and oxygen atoms in total. The summed E-state index contributed by atoms with van der Waals surface area (Å²) in [4.78, 5) is 0. The lowest BCUT2D eigenvalue weighted by Gasteiger charge is -2.00. The van der Waals surface area contributed by atoms with Gasteiger partial charge in [-0.05, 0) is 13.3 Å². The Morgan fingerprint density at radius 1 is 1.83 bits per heavy atom. The summed E-state index contributed by atoms with van der Waals surface area (Å²) in [5.41, 5.74) is 2.11. The first-order valence-corrected chi connectivity index (χ1v) is 2.20. The van der Waals surface area contributed by atoms with E-state index in [1.807, 2.05) is 13.8 Å². The molecule has 0 bridgehead atoms. The van der Waals surface area contributed by atoms with Gasteiger partial charge in [0.15, 0.2) is 0 Å². The van der Waals surface area contributed by atoms with Crippen LogP contribution >= 0.6 is 0 Å². The summed E-state index contributed by atoms with van der Waals surface area (Å²) in [6, 6.07) is 0.241. The molecule has 2 heteroatoms. The highest BCUT2D eigenvalue weighted by atomic mass is 16.5. The zero-order valence-electron chi connectivity index (χ0n) is 4.23. The Morgan fingerprint density at radius 2 is 2.33 bits per heavy atom. The van der Waals surface area contributed by atoms with E-state index in [9.17, 15) is 0 Å². The molecule has 0 fully saturated rings. The van der Waals surface area contributed by atoms with E-state index in [2.05, 4.69) is 5.48 Å². The standard InChI is InChI=1S/C4H11NO/c1-3-4(2)5-6/h4-6H,3H2,1-2H3. The smallest absolute Gasteiger partial charge is 0.0288 e. The molecule has 1 unspecified atom stereocenters. The topological polar surface area (TPSA) is 32.3 Å². The molecule has 1 atom stereocenters. The minimum atomic E-state index is 0.241. The van der Waals surface area contributed by atoms with E-state index in [-0.39, 0.29) is 6.04 Å². The molecule has 0 aliphatic carbocycles. The molecular weight excluding hydrogens is 78.0 g/mol. The second-order valence-corrected chi connectivity index (χ2v) is 1.44. The van der Waals surface area contributed by atoms with Crippen molar-refractivity contribution in [3.8, 4) is 0 Å². The van der Waals surface area contributed by atoms with E-state index in [0.29, 0.717) is 0 Å². The first-order chi connectivity index (χ1) is 2.81. The van der Waals surface area contributed by atoms with Crippen molar-refractivity contribution in [1.82, 2.24) is 5.48 Å². The predicted molar refractivity (Wildman–Crippen MR) is 24.7 cm³/mol. The summed E-state index contributed by atoms with van der Waals surface area (Å²) >= 11 is 0. The molecule has 0 saturated heterocycles. The number of hydrogen-bond donors (Lipinski definition) is 2. The fourth-order valence-electron chi connectivity index (χ4n) is 0.0913. The maximum Gasteiger partial charge on any atom is 0.0288 e. The Labute approximate surface area is 38.1 Å². The van der Waals surface area contributed by atoms with Crippen LogP contribution in [0.15, 0.2) is 0 Å². The molecule has 0 aliphatic rings. The molecule has 0 heterocycles. The van der Waals surface area contributed by atoms with Gasteiger partial charge in [-0.2, -0.15) is 0 Å². The van der Waals surface area contributed by atoms with Gasteiger partial charge in [-0.15, -0.1) is 0 Å². The van der Waals surface area contributed by atoms with Crippen molar-refractivity contribution in [2.45, 2.75) is 26.3 Å². The summed E-state index contributed by atoms with van der Waals surface area (Å²) in [5.74, 6) is 0. The monoisotopic (exact) mass is 89.1 g/mol. The van der Waals surface area contributed by atoms with Gasteiger partial charge in [-0.3, -0.25) is 0 Å². The SMILES string of the molecule is CCC(C)NO. The Hall–Kier alpha value is -0.0800. The number of hydroxylamine groups is 1. The van der Waals surface area contributed by atoms with E-state index in [0.717, 1.165) is 6.42 Å². The van der Waals surface area contributed by atoms with E-state index < -0.39 is 0 Å². The van der Waals surface area contributed by atoms with Crippen LogP contribution in [0.25, 0.3) is 0 Å². The first-order valence-electron chi connectivity index (χ1n) is 2.20. The molecule has 2 N–H and O–H groups in total. The average molecular weight is 89.1 g/mol. The summed E-state index contributed by atoms with van der Waals surface area (Å²) in [5, 5.41) is 8.08. The first kappa shape index (κ1) is 5.92. The van der Waals surface area contributed by atoms with Gasteiger partial charge in [0.05, 0.1) is 0 Å². The summed E-state index contributed by atoms with van der Waals surface area (Å²) < 4.78 is 0. The number of hydrogen-bond acceptors (Lipinski definition) is 2. The fourth-order valence-corrected chi connectivity index (χ4v) is 0.0913. The van der Waals surface area contributed by atoms with E-state index in [4.69, 9.17) is 5.21 Å². The van der Waals surface area contributed by atoms with Gasteiger partial charge in [0.25, 0.3) is 0 Å². The maximum atomic E-state index is 8.08. The number of rotatable bonds is 2. The Bertz CT molecular complexity index is 26.7. The van der Waals surface area contributed by atoms with Gasteiger partial charge in [-0.25, -0.2) is 5.48 Å². The van der Waals surface area contributed by atoms with E-state index >= 15 is 0 Å². The van der Waals surface area contributed by atoms with Crippen LogP contribution in [-0.4, -0.2) is 11.2 Å². The van der Waals surface area contributed by atoms with Crippen LogP contribution in [-0.2, 0) is 0 Å². The molecule has 38 valence electrons. The van der Waals surface area contributed by atoms with Crippen LogP contribution in [0.5, 0.6) is 0 Å². The molecule has 0 saturated carbocycles. The van der Waals surface area contributed by atoms with Crippen molar-refractivity contribution in [2.24, 2.45) is 0 Å². The molecule has 0 rings (SSSR count). The molecule has 0 amide bonds. The van der Waals surface area contributed by atoms with Crippen LogP contribution in [0.2, 0.25) is 0 Å². The lowest BCUT2D eigenvalue weighted by Crippen LogP contribution is -2.19. The minimum Gasteiger partial charge on any atom is -0.317 e. The predicted octanol–water partition coefficient (Wildman–Crippen LogP) is 0.764. The van der Waals surface area contributed by atoms with Crippen LogP contribution in [0, 0.1) is 0 Å². The Balaban J connectivity index is 2.75. The highest BCUT2D eigenvalue weighted by Gasteiger charge is 1.88. The molecule has 6 heavy (non-hydrogen) atoms. The zero-order valence-corrected chi connectivity index (χ0v) is 4.23. The van der Waals surface area contributed by atoms with E-state index in [1.165, 1.54) is 0 Å². The summed E-state index contributed by atoms with van der Waals surface area (Å²) in [6.07, 6.45) is 0.969. The lowest BCUT2D eigenvalue weighted by molar-refractivity contribution is 0.131. The minimum absolute atomic E-state index is 0.241. The van der Waals surface area contributed by atoms with Crippen molar-refractivity contribution in [2.75, 3.05) is 0 Å². The lowest BCUT2D eigenvalue weighted by atomic mass is 10.3. The third-order valence-electron chi connectivity index (χ3n) is 0.833. The van der Waals surface area contributed by atoms with Crippen LogP contribution in [0.1, 0.15) is 20.3 Å². The van der Waals surface area contributed by atoms with Gasteiger partial charge in [0.1, 0.15) is 0 Å². The van der Waals surface area contributed by atoms with Crippen molar-refractivity contribution < 1.29 is 5.21 Å². The van der Waals surface area contributed by atoms with Crippen molar-refractivity contribution in [3.63, 3.8) is 0 Å². The third-order valence-corrected chi connectivity index (χ3v) is 0.833. The Morgan fingerprint density at radius 3 is 2.33 bits per heavy atom. The molecule has 0 spiro atoms. The van der Waals surface area contributed by atoms with E-state index in [1.54, 1.807) is 0 Å². The van der Waals surface area contributed by atoms with Crippen LogP contribution in [0.3, 0.4) is 0 Å². The zero-order chi connectivity index (χ0) is 4.99. The maximum absolute atomic E-state index is 8.08. The summed E-state index contributed by atoms with van der Waals surface area (Å²) in [7, 11) is 0.